The molecule has 5 heteroatoms. The third-order valence-electron chi connectivity index (χ3n) is 3.17. The summed E-state index contributed by atoms with van der Waals surface area (Å²) in [5.74, 6) is 0. The van der Waals surface area contributed by atoms with Gasteiger partial charge in [-0.25, -0.2) is 0 Å². The van der Waals surface area contributed by atoms with E-state index in [2.05, 4.69) is 53.3 Å². The molecule has 1 aliphatic rings. The predicted octanol–water partition coefficient (Wildman–Crippen LogP) is 2.84. The molecule has 0 unspecified atom stereocenters. The molecule has 0 saturated heterocycles. The minimum atomic E-state index is 0.749. The van der Waals surface area contributed by atoms with E-state index in [9.17, 15) is 0 Å². The first-order valence-corrected chi connectivity index (χ1v) is 7.58. The highest BCUT2D eigenvalue weighted by Gasteiger charge is 2.10. The van der Waals surface area contributed by atoms with Crippen LogP contribution in [0.1, 0.15) is 23.1 Å². The molecule has 0 bridgehead atoms. The van der Waals surface area contributed by atoms with E-state index < -0.39 is 0 Å². The lowest BCUT2D eigenvalue weighted by Gasteiger charge is -2.19. The quantitative estimate of drug-likeness (QED) is 0.819. The number of rotatable bonds is 5. The van der Waals surface area contributed by atoms with Gasteiger partial charge in [0.25, 0.3) is 0 Å². The van der Waals surface area contributed by atoms with Crippen molar-refractivity contribution in [2.45, 2.75) is 20.3 Å². The van der Waals surface area contributed by atoms with Gasteiger partial charge in [0.15, 0.2) is 5.17 Å². The van der Waals surface area contributed by atoms with Crippen molar-refractivity contribution < 1.29 is 4.74 Å². The van der Waals surface area contributed by atoms with Crippen molar-refractivity contribution in [3.05, 3.63) is 40.3 Å². The summed E-state index contributed by atoms with van der Waals surface area (Å²) in [7, 11) is 1.71. The van der Waals surface area contributed by atoms with Gasteiger partial charge in [-0.1, -0.05) is 23.9 Å². The maximum absolute atomic E-state index is 5.00. The number of thioether (sulfide) groups is 1. The number of nitrogens with zero attached hydrogens (tertiary/aromatic N) is 1. The van der Waals surface area contributed by atoms with Gasteiger partial charge >= 0.3 is 0 Å². The van der Waals surface area contributed by atoms with Gasteiger partial charge in [-0.05, 0) is 37.5 Å². The number of nitrogens with one attached hydrogen (secondary N) is 2. The smallest absolute Gasteiger partial charge is 0.179 e. The Kier molecular flexibility index (Phi) is 5.49. The first-order chi connectivity index (χ1) is 9.70. The number of ether oxygens (including phenoxy) is 1. The van der Waals surface area contributed by atoms with Crippen molar-refractivity contribution in [1.82, 2.24) is 10.9 Å². The number of hydrogen-bond donors (Lipinski definition) is 2. The van der Waals surface area contributed by atoms with Crippen LogP contribution < -0.4 is 10.9 Å². The molecule has 1 aromatic rings. The first kappa shape index (κ1) is 14.9. The zero-order valence-electron chi connectivity index (χ0n) is 12.2. The number of hydrogen-bond acceptors (Lipinski definition) is 4. The Bertz CT molecular complexity index is 526. The van der Waals surface area contributed by atoms with Crippen LogP contribution in [0.5, 0.6) is 0 Å². The Balaban J connectivity index is 1.96. The minimum Gasteiger partial charge on any atom is -0.385 e. The van der Waals surface area contributed by atoms with Crippen molar-refractivity contribution in [2.75, 3.05) is 20.3 Å². The van der Waals surface area contributed by atoms with Crippen LogP contribution in [0.4, 0.5) is 0 Å². The maximum atomic E-state index is 5.00. The fourth-order valence-electron chi connectivity index (χ4n) is 1.81. The average Bonchev–Trinajstić information content (AvgIpc) is 2.47. The van der Waals surface area contributed by atoms with Gasteiger partial charge in [0, 0.05) is 31.2 Å². The molecule has 108 valence electrons. The molecule has 4 nitrogen and oxygen atoms in total. The minimum absolute atomic E-state index is 0.749. The van der Waals surface area contributed by atoms with Crippen molar-refractivity contribution in [1.29, 1.82) is 0 Å². The number of benzene rings is 1. The van der Waals surface area contributed by atoms with Gasteiger partial charge in [0.2, 0.25) is 0 Å². The van der Waals surface area contributed by atoms with Crippen LogP contribution in [0, 0.1) is 13.8 Å². The Morgan fingerprint density at radius 2 is 2.05 bits per heavy atom. The molecule has 0 spiro atoms. The lowest BCUT2D eigenvalue weighted by atomic mass is 10.1. The molecule has 2 rings (SSSR count). The van der Waals surface area contributed by atoms with Gasteiger partial charge in [-0.2, -0.15) is 0 Å². The summed E-state index contributed by atoms with van der Waals surface area (Å²) in [6.45, 7) is 5.78. The zero-order chi connectivity index (χ0) is 14.4. The summed E-state index contributed by atoms with van der Waals surface area (Å²) in [6, 6.07) is 6.47. The normalized spacial score (nSPS) is 16.6. The molecular formula is C15H21N3OS. The van der Waals surface area contributed by atoms with Crippen molar-refractivity contribution >= 4 is 22.6 Å². The van der Waals surface area contributed by atoms with E-state index in [1.165, 1.54) is 16.7 Å². The van der Waals surface area contributed by atoms with Crippen LogP contribution in [0.15, 0.2) is 28.6 Å². The second kappa shape index (κ2) is 7.36. The number of hydrazine groups is 1. The summed E-state index contributed by atoms with van der Waals surface area (Å²) < 4.78 is 5.00. The lowest BCUT2D eigenvalue weighted by Crippen LogP contribution is -2.37. The lowest BCUT2D eigenvalue weighted by molar-refractivity contribution is 0.197. The summed E-state index contributed by atoms with van der Waals surface area (Å²) in [5, 5.41) is 2.99. The highest BCUT2D eigenvalue weighted by atomic mass is 32.2. The Hall–Kier alpha value is -1.46. The van der Waals surface area contributed by atoms with Crippen molar-refractivity contribution in [2.24, 2.45) is 4.99 Å². The monoisotopic (exact) mass is 291 g/mol. The van der Waals surface area contributed by atoms with Gasteiger partial charge < -0.3 is 4.74 Å². The molecule has 1 aliphatic heterocycles. The largest absolute Gasteiger partial charge is 0.385 e. The first-order valence-electron chi connectivity index (χ1n) is 6.70. The Morgan fingerprint density at radius 1 is 1.20 bits per heavy atom. The third-order valence-corrected chi connectivity index (χ3v) is 3.98. The number of methoxy groups -OCH3 is 1. The Morgan fingerprint density at radius 3 is 2.70 bits per heavy atom. The molecule has 0 radical (unpaired) electrons. The van der Waals surface area contributed by atoms with E-state index in [-0.39, 0.29) is 0 Å². The van der Waals surface area contributed by atoms with Gasteiger partial charge in [-0.3, -0.25) is 15.8 Å². The molecular weight excluding hydrogens is 270 g/mol. The van der Waals surface area contributed by atoms with Crippen LogP contribution in [0.2, 0.25) is 0 Å². The molecule has 1 heterocycles. The van der Waals surface area contributed by atoms with Gasteiger partial charge in [0.1, 0.15) is 0 Å². The molecule has 1 aromatic carbocycles. The number of amidine groups is 1. The van der Waals surface area contributed by atoms with Gasteiger partial charge in [-0.15, -0.1) is 0 Å². The molecule has 0 saturated carbocycles. The maximum Gasteiger partial charge on any atom is 0.179 e. The predicted molar refractivity (Wildman–Crippen MR) is 86.6 cm³/mol. The topological polar surface area (TPSA) is 45.6 Å². The van der Waals surface area contributed by atoms with E-state index in [0.717, 1.165) is 30.4 Å². The van der Waals surface area contributed by atoms with Crippen LogP contribution in [-0.4, -0.2) is 25.4 Å². The molecule has 0 aliphatic carbocycles. The molecule has 0 atom stereocenters. The highest BCUT2D eigenvalue weighted by Crippen LogP contribution is 2.21. The second-order valence-corrected chi connectivity index (χ2v) is 5.59. The van der Waals surface area contributed by atoms with Crippen LogP contribution in [0.25, 0.3) is 5.70 Å². The third kappa shape index (κ3) is 4.02. The van der Waals surface area contributed by atoms with E-state index in [1.54, 1.807) is 18.9 Å². The molecule has 0 amide bonds. The standard InChI is InChI=1S/C15H21N3OS/c1-11-5-6-13(9-12(11)2)14-10-20-15(18-17-14)16-7-4-8-19-3/h5-6,9-10,17H,4,7-8H2,1-3H3,(H,16,18). The number of aryl methyl sites for hydroxylation is 2. The van der Waals surface area contributed by atoms with E-state index in [4.69, 9.17) is 4.74 Å². The van der Waals surface area contributed by atoms with E-state index in [1.807, 2.05) is 0 Å². The summed E-state index contributed by atoms with van der Waals surface area (Å²) in [5.41, 5.74) is 11.2. The Labute approximate surface area is 124 Å². The molecule has 20 heavy (non-hydrogen) atoms. The van der Waals surface area contributed by atoms with Crippen LogP contribution in [-0.2, 0) is 4.74 Å². The SMILES string of the molecule is COCCCN=C1NNC(c2ccc(C)c(C)c2)=CS1. The average molecular weight is 291 g/mol. The number of aliphatic imine (C=N–C) groups is 1. The van der Waals surface area contributed by atoms with Crippen molar-refractivity contribution in [3.63, 3.8) is 0 Å². The summed E-state index contributed by atoms with van der Waals surface area (Å²) in [4.78, 5) is 4.46. The fraction of sp³-hybridized carbons (Fsp3) is 0.400. The van der Waals surface area contributed by atoms with Crippen LogP contribution in [0.3, 0.4) is 0 Å². The molecule has 0 fully saturated rings. The molecule has 2 N–H and O–H groups in total. The highest BCUT2D eigenvalue weighted by molar-refractivity contribution is 8.16. The fourth-order valence-corrected chi connectivity index (χ4v) is 2.51. The van der Waals surface area contributed by atoms with Gasteiger partial charge in [0.05, 0.1) is 5.70 Å². The summed E-state index contributed by atoms with van der Waals surface area (Å²) >= 11 is 1.61. The van der Waals surface area contributed by atoms with Crippen molar-refractivity contribution in [3.8, 4) is 0 Å². The van der Waals surface area contributed by atoms with Crippen LogP contribution >= 0.6 is 11.8 Å². The summed E-state index contributed by atoms with van der Waals surface area (Å²) in [6.07, 6.45) is 0.940. The molecule has 0 aromatic heterocycles. The zero-order valence-corrected chi connectivity index (χ0v) is 13.0. The van der Waals surface area contributed by atoms with E-state index >= 15 is 0 Å². The van der Waals surface area contributed by atoms with E-state index in [0.29, 0.717) is 0 Å². The second-order valence-electron chi connectivity index (χ2n) is 4.73.